The van der Waals surface area contributed by atoms with Gasteiger partial charge in [-0.25, -0.2) is 0 Å². The Morgan fingerprint density at radius 3 is 2.65 bits per heavy atom. The van der Waals surface area contributed by atoms with Crippen LogP contribution < -0.4 is 5.32 Å². The molecule has 0 aliphatic rings. The quantitative estimate of drug-likeness (QED) is 0.916. The molecule has 0 saturated carbocycles. The summed E-state index contributed by atoms with van der Waals surface area (Å²) in [5.74, 6) is 1.59. The highest BCUT2D eigenvalue weighted by Crippen LogP contribution is 2.26. The number of aromatic nitrogens is 4. The number of halogens is 1. The van der Waals surface area contributed by atoms with Crippen LogP contribution in [-0.2, 0) is 13.5 Å². The third-order valence-electron chi connectivity index (χ3n) is 3.08. The van der Waals surface area contributed by atoms with Crippen LogP contribution in [0, 0.1) is 0 Å². The summed E-state index contributed by atoms with van der Waals surface area (Å²) in [6, 6.07) is 0.323. The minimum Gasteiger partial charge on any atom is -0.334 e. The largest absolute Gasteiger partial charge is 0.334 e. The van der Waals surface area contributed by atoms with Gasteiger partial charge in [-0.2, -0.15) is 10.1 Å². The summed E-state index contributed by atoms with van der Waals surface area (Å²) in [5, 5.41) is 11.6. The van der Waals surface area contributed by atoms with Gasteiger partial charge in [-0.3, -0.25) is 4.68 Å². The number of aryl methyl sites for hydroxylation is 1. The molecule has 2 aromatic rings. The minimum absolute atomic E-state index is 0. The van der Waals surface area contributed by atoms with Gasteiger partial charge in [0.1, 0.15) is 0 Å². The lowest BCUT2D eigenvalue weighted by molar-refractivity contribution is 0.417. The van der Waals surface area contributed by atoms with Crippen LogP contribution in [0.25, 0.3) is 11.5 Å². The van der Waals surface area contributed by atoms with Gasteiger partial charge in [0.05, 0.1) is 11.3 Å². The van der Waals surface area contributed by atoms with Crippen LogP contribution in [0.5, 0.6) is 0 Å². The fourth-order valence-electron chi connectivity index (χ4n) is 1.92. The second kappa shape index (κ2) is 6.85. The lowest BCUT2D eigenvalue weighted by Gasteiger charge is -2.04. The summed E-state index contributed by atoms with van der Waals surface area (Å²) in [5.41, 5.74) is 1.91. The highest BCUT2D eigenvalue weighted by atomic mass is 35.5. The van der Waals surface area contributed by atoms with E-state index in [1.165, 1.54) is 0 Å². The zero-order valence-corrected chi connectivity index (χ0v) is 13.4. The Bertz CT molecular complexity index is 549. The van der Waals surface area contributed by atoms with Gasteiger partial charge in [0.15, 0.2) is 5.82 Å². The summed E-state index contributed by atoms with van der Waals surface area (Å²) in [6.07, 6.45) is 2.67. The fraction of sp³-hybridized carbons (Fsp3) is 0.615. The maximum absolute atomic E-state index is 5.36. The molecule has 0 fully saturated rings. The van der Waals surface area contributed by atoms with E-state index < -0.39 is 0 Å². The van der Waals surface area contributed by atoms with Crippen LogP contribution in [0.4, 0.5) is 0 Å². The van der Waals surface area contributed by atoms with Crippen molar-refractivity contribution in [3.05, 3.63) is 17.7 Å². The third kappa shape index (κ3) is 3.58. The molecule has 2 aromatic heterocycles. The van der Waals surface area contributed by atoms with Crippen molar-refractivity contribution >= 4 is 12.4 Å². The number of nitrogens with zero attached hydrogens (tertiary/aromatic N) is 4. The van der Waals surface area contributed by atoms with E-state index in [4.69, 9.17) is 4.52 Å². The first kappa shape index (κ1) is 16.7. The van der Waals surface area contributed by atoms with E-state index in [9.17, 15) is 0 Å². The summed E-state index contributed by atoms with van der Waals surface area (Å²) < 4.78 is 7.14. The van der Waals surface area contributed by atoms with Crippen LogP contribution in [0.3, 0.4) is 0 Å². The van der Waals surface area contributed by atoms with E-state index in [1.807, 2.05) is 20.3 Å². The van der Waals surface area contributed by atoms with Crippen LogP contribution in [-0.4, -0.2) is 33.0 Å². The van der Waals surface area contributed by atoms with Crippen molar-refractivity contribution in [1.29, 1.82) is 0 Å². The molecule has 0 amide bonds. The Balaban J connectivity index is 0.00000200. The Hall–Kier alpha value is -1.40. The minimum atomic E-state index is 0. The zero-order chi connectivity index (χ0) is 14.0. The van der Waals surface area contributed by atoms with Gasteiger partial charge in [0, 0.05) is 25.7 Å². The van der Waals surface area contributed by atoms with Gasteiger partial charge in [0.2, 0.25) is 0 Å². The predicted molar refractivity (Wildman–Crippen MR) is 80.1 cm³/mol. The molecule has 0 radical (unpaired) electrons. The Morgan fingerprint density at radius 1 is 1.35 bits per heavy atom. The van der Waals surface area contributed by atoms with E-state index in [-0.39, 0.29) is 12.4 Å². The van der Waals surface area contributed by atoms with Crippen molar-refractivity contribution in [3.8, 4) is 11.5 Å². The molecule has 0 spiro atoms. The molecule has 20 heavy (non-hydrogen) atoms. The Morgan fingerprint density at radius 2 is 2.05 bits per heavy atom. The molecule has 0 saturated heterocycles. The molecule has 7 heteroatoms. The molecule has 0 bridgehead atoms. The van der Waals surface area contributed by atoms with Crippen molar-refractivity contribution in [3.63, 3.8) is 0 Å². The number of hydrogen-bond acceptors (Lipinski definition) is 5. The first-order chi connectivity index (χ1) is 9.01. The molecule has 0 aromatic carbocycles. The van der Waals surface area contributed by atoms with E-state index in [0.717, 1.165) is 23.5 Å². The molecule has 1 atom stereocenters. The summed E-state index contributed by atoms with van der Waals surface area (Å²) in [6.45, 7) is 6.29. The first-order valence-electron chi connectivity index (χ1n) is 6.55. The van der Waals surface area contributed by atoms with Crippen molar-refractivity contribution in [1.82, 2.24) is 25.2 Å². The van der Waals surface area contributed by atoms with Crippen molar-refractivity contribution in [2.45, 2.75) is 39.2 Å². The van der Waals surface area contributed by atoms with Gasteiger partial charge in [-0.15, -0.1) is 12.4 Å². The second-order valence-corrected chi connectivity index (χ2v) is 5.17. The molecule has 0 aliphatic heterocycles. The molecular formula is C13H22ClN5O. The lowest BCUT2D eigenvalue weighted by Crippen LogP contribution is -2.24. The monoisotopic (exact) mass is 299 g/mol. The highest BCUT2D eigenvalue weighted by Gasteiger charge is 2.19. The van der Waals surface area contributed by atoms with Crippen molar-refractivity contribution in [2.75, 3.05) is 7.05 Å². The van der Waals surface area contributed by atoms with E-state index >= 15 is 0 Å². The molecule has 0 aliphatic carbocycles. The molecular weight excluding hydrogens is 278 g/mol. The smallest absolute Gasteiger partial charge is 0.261 e. The average Bonchev–Trinajstić information content (AvgIpc) is 2.95. The number of rotatable bonds is 5. The predicted octanol–water partition coefficient (Wildman–Crippen LogP) is 2.17. The van der Waals surface area contributed by atoms with Gasteiger partial charge < -0.3 is 9.84 Å². The molecule has 1 unspecified atom stereocenters. The maximum atomic E-state index is 5.36. The molecule has 2 heterocycles. The van der Waals surface area contributed by atoms with Gasteiger partial charge in [0.25, 0.3) is 5.89 Å². The number of nitrogens with one attached hydrogen (secondary N) is 1. The van der Waals surface area contributed by atoms with Crippen LogP contribution in [0.2, 0.25) is 0 Å². The number of likely N-dealkylation sites (N-methyl/N-ethyl adjacent to an activating group) is 1. The van der Waals surface area contributed by atoms with Crippen molar-refractivity contribution < 1.29 is 4.52 Å². The number of hydrogen-bond donors (Lipinski definition) is 1. The lowest BCUT2D eigenvalue weighted by atomic mass is 10.1. The summed E-state index contributed by atoms with van der Waals surface area (Å²) in [4.78, 5) is 4.45. The zero-order valence-electron chi connectivity index (χ0n) is 12.5. The third-order valence-corrected chi connectivity index (χ3v) is 3.08. The highest BCUT2D eigenvalue weighted by molar-refractivity contribution is 5.85. The standard InChI is InChI=1S/C13H21N5O.ClH/c1-8(2)12-10(7-18(5)16-12)13-15-11(17-19-13)6-9(3)14-4;/h7-9,14H,6H2,1-5H3;1H. The molecule has 6 nitrogen and oxygen atoms in total. The second-order valence-electron chi connectivity index (χ2n) is 5.17. The molecule has 2 rings (SSSR count). The summed E-state index contributed by atoms with van der Waals surface area (Å²) >= 11 is 0. The SMILES string of the molecule is CNC(C)Cc1noc(-c2cn(C)nc2C(C)C)n1.Cl. The summed E-state index contributed by atoms with van der Waals surface area (Å²) in [7, 11) is 3.82. The van der Waals surface area contributed by atoms with E-state index in [0.29, 0.717) is 17.9 Å². The average molecular weight is 300 g/mol. The van der Waals surface area contributed by atoms with Gasteiger partial charge in [-0.05, 0) is 19.9 Å². The van der Waals surface area contributed by atoms with Crippen LogP contribution >= 0.6 is 12.4 Å². The van der Waals surface area contributed by atoms with E-state index in [1.54, 1.807) is 4.68 Å². The normalized spacial score (nSPS) is 12.5. The van der Waals surface area contributed by atoms with Gasteiger partial charge in [-0.1, -0.05) is 19.0 Å². The van der Waals surface area contributed by atoms with Crippen molar-refractivity contribution in [2.24, 2.45) is 7.05 Å². The fourth-order valence-corrected chi connectivity index (χ4v) is 1.92. The van der Waals surface area contributed by atoms with E-state index in [2.05, 4.69) is 41.3 Å². The molecule has 1 N–H and O–H groups in total. The van der Waals surface area contributed by atoms with Crippen LogP contribution in [0.1, 0.15) is 38.2 Å². The molecule has 112 valence electrons. The Kier molecular flexibility index (Phi) is 5.71. The van der Waals surface area contributed by atoms with Gasteiger partial charge >= 0.3 is 0 Å². The topological polar surface area (TPSA) is 68.8 Å². The maximum Gasteiger partial charge on any atom is 0.261 e. The first-order valence-corrected chi connectivity index (χ1v) is 6.55. The van der Waals surface area contributed by atoms with Crippen LogP contribution in [0.15, 0.2) is 10.7 Å². The Labute approximate surface area is 125 Å².